The molecule has 1 heterocycles. The summed E-state index contributed by atoms with van der Waals surface area (Å²) in [6.07, 6.45) is 1.08. The van der Waals surface area contributed by atoms with Crippen molar-refractivity contribution in [1.82, 2.24) is 25.9 Å². The molecule has 0 spiro atoms. The zero-order valence-electron chi connectivity index (χ0n) is 16.7. The molecule has 0 aliphatic rings. The summed E-state index contributed by atoms with van der Waals surface area (Å²) in [5, 5.41) is 32.8. The highest BCUT2D eigenvalue weighted by Gasteiger charge is 2.30. The number of carbonyl (C=O) groups is 6. The Morgan fingerprint density at radius 1 is 0.938 bits per heavy atom. The highest BCUT2D eigenvalue weighted by atomic mass is 16.4. The lowest BCUT2D eigenvalue weighted by atomic mass is 10.1. The average molecular weight is 456 g/mol. The third kappa shape index (κ3) is 9.66. The first-order valence-corrected chi connectivity index (χ1v) is 9.26. The second-order valence-electron chi connectivity index (χ2n) is 6.65. The smallest absolute Gasteiger partial charge is 0.322 e. The quantitative estimate of drug-likeness (QED) is 0.138. The average Bonchev–Trinajstić information content (AvgIpc) is 3.20. The summed E-state index contributed by atoms with van der Waals surface area (Å²) >= 11 is 0. The number of hydrogen-bond acceptors (Lipinski definition) is 8. The molecule has 0 aliphatic carbocycles. The number of H-pyrrole nitrogens is 1. The van der Waals surface area contributed by atoms with Gasteiger partial charge in [0.15, 0.2) is 0 Å². The minimum atomic E-state index is -1.66. The number of aliphatic carboxylic acids is 3. The number of nitrogens with one attached hydrogen (secondary N) is 4. The van der Waals surface area contributed by atoms with Crippen LogP contribution in [-0.2, 0) is 35.2 Å². The standard InChI is InChI=1S/C17H24N6O9/c18-9(3-8-5-19-7-21-8)15(30)22-10(1-2-12(24)25)17(32)23-11(4-13(26)27)16(31)20-6-14(28)29/h5,7,9-11H,1-4,6,18H2,(H,19,21)(H,20,31)(H,22,30)(H,23,32)(H,24,25)(H,26,27)(H,28,29). The molecule has 0 radical (unpaired) electrons. The van der Waals surface area contributed by atoms with Crippen molar-refractivity contribution >= 4 is 35.6 Å². The van der Waals surface area contributed by atoms with Crippen LogP contribution in [-0.4, -0.2) is 85.6 Å². The van der Waals surface area contributed by atoms with Crippen molar-refractivity contribution in [3.05, 3.63) is 18.2 Å². The number of aromatic nitrogens is 2. The predicted molar refractivity (Wildman–Crippen MR) is 104 cm³/mol. The second-order valence-corrected chi connectivity index (χ2v) is 6.65. The SMILES string of the molecule is NC(Cc1cnc[nH]1)C(=O)NC(CCC(=O)O)C(=O)NC(CC(=O)O)C(=O)NCC(=O)O. The molecule has 0 saturated heterocycles. The number of nitrogens with two attached hydrogens (primary N) is 1. The van der Waals surface area contributed by atoms with Crippen molar-refractivity contribution in [2.75, 3.05) is 6.54 Å². The van der Waals surface area contributed by atoms with E-state index in [0.717, 1.165) is 0 Å². The van der Waals surface area contributed by atoms with Crippen molar-refractivity contribution in [1.29, 1.82) is 0 Å². The molecular formula is C17H24N6O9. The molecule has 9 N–H and O–H groups in total. The largest absolute Gasteiger partial charge is 0.481 e. The van der Waals surface area contributed by atoms with Crippen LogP contribution in [0, 0.1) is 0 Å². The number of carboxylic acids is 3. The minimum absolute atomic E-state index is 0.0400. The normalized spacial score (nSPS) is 13.3. The van der Waals surface area contributed by atoms with E-state index < -0.39 is 73.1 Å². The van der Waals surface area contributed by atoms with Crippen LogP contribution in [0.25, 0.3) is 0 Å². The molecule has 0 saturated carbocycles. The van der Waals surface area contributed by atoms with Gasteiger partial charge in [-0.1, -0.05) is 0 Å². The van der Waals surface area contributed by atoms with Gasteiger partial charge in [0.1, 0.15) is 18.6 Å². The summed E-state index contributed by atoms with van der Waals surface area (Å²) in [6, 6.07) is -4.23. The molecule has 32 heavy (non-hydrogen) atoms. The molecule has 176 valence electrons. The van der Waals surface area contributed by atoms with Gasteiger partial charge in [0.25, 0.3) is 0 Å². The number of rotatable bonds is 14. The van der Waals surface area contributed by atoms with Crippen molar-refractivity contribution in [3.63, 3.8) is 0 Å². The maximum Gasteiger partial charge on any atom is 0.322 e. The molecule has 0 fully saturated rings. The molecule has 3 unspecified atom stereocenters. The lowest BCUT2D eigenvalue weighted by Gasteiger charge is -2.23. The molecule has 3 amide bonds. The number of nitrogens with zero attached hydrogens (tertiary/aromatic N) is 1. The van der Waals surface area contributed by atoms with Gasteiger partial charge >= 0.3 is 17.9 Å². The zero-order chi connectivity index (χ0) is 24.3. The highest BCUT2D eigenvalue weighted by Crippen LogP contribution is 2.03. The van der Waals surface area contributed by atoms with Crippen LogP contribution >= 0.6 is 0 Å². The molecule has 15 heteroatoms. The predicted octanol–water partition coefficient (Wildman–Crippen LogP) is -3.21. The molecule has 1 aromatic heterocycles. The van der Waals surface area contributed by atoms with E-state index in [1.165, 1.54) is 12.5 Å². The lowest BCUT2D eigenvalue weighted by Crippen LogP contribution is -2.56. The number of carbonyl (C=O) groups excluding carboxylic acids is 3. The summed E-state index contributed by atoms with van der Waals surface area (Å²) in [6.45, 7) is -0.813. The van der Waals surface area contributed by atoms with Crippen LogP contribution in [0.4, 0.5) is 0 Å². The third-order valence-corrected chi connectivity index (χ3v) is 4.04. The number of aromatic amines is 1. The third-order valence-electron chi connectivity index (χ3n) is 4.04. The highest BCUT2D eigenvalue weighted by molar-refractivity contribution is 5.95. The van der Waals surface area contributed by atoms with Gasteiger partial charge in [-0.3, -0.25) is 28.8 Å². The van der Waals surface area contributed by atoms with Crippen molar-refractivity contribution < 1.29 is 44.1 Å². The van der Waals surface area contributed by atoms with Crippen molar-refractivity contribution in [2.45, 2.75) is 43.8 Å². The van der Waals surface area contributed by atoms with E-state index in [4.69, 9.17) is 21.1 Å². The number of hydrogen-bond donors (Lipinski definition) is 8. The Bertz CT molecular complexity index is 842. The van der Waals surface area contributed by atoms with E-state index in [1.54, 1.807) is 0 Å². The first-order chi connectivity index (χ1) is 15.0. The monoisotopic (exact) mass is 456 g/mol. The van der Waals surface area contributed by atoms with Crippen LogP contribution in [0.3, 0.4) is 0 Å². The van der Waals surface area contributed by atoms with E-state index >= 15 is 0 Å². The van der Waals surface area contributed by atoms with Gasteiger partial charge in [0.2, 0.25) is 17.7 Å². The fourth-order valence-electron chi connectivity index (χ4n) is 2.48. The molecule has 0 aromatic carbocycles. The molecular weight excluding hydrogens is 432 g/mol. The van der Waals surface area contributed by atoms with E-state index in [-0.39, 0.29) is 12.8 Å². The van der Waals surface area contributed by atoms with Gasteiger partial charge in [0.05, 0.1) is 18.8 Å². The molecule has 3 atom stereocenters. The Morgan fingerprint density at radius 2 is 1.59 bits per heavy atom. The van der Waals surface area contributed by atoms with E-state index in [9.17, 15) is 28.8 Å². The van der Waals surface area contributed by atoms with Crippen LogP contribution in [0.2, 0.25) is 0 Å². The topological polar surface area (TPSA) is 254 Å². The summed E-state index contributed by atoms with van der Waals surface area (Å²) in [5.41, 5.74) is 6.33. The fourth-order valence-corrected chi connectivity index (χ4v) is 2.48. The van der Waals surface area contributed by atoms with Gasteiger partial charge in [-0.15, -0.1) is 0 Å². The number of imidazole rings is 1. The first-order valence-electron chi connectivity index (χ1n) is 9.26. The van der Waals surface area contributed by atoms with Gasteiger partial charge in [-0.25, -0.2) is 4.98 Å². The maximum atomic E-state index is 12.6. The maximum absolute atomic E-state index is 12.6. The Morgan fingerprint density at radius 3 is 2.12 bits per heavy atom. The van der Waals surface area contributed by atoms with Gasteiger partial charge in [-0.05, 0) is 6.42 Å². The van der Waals surface area contributed by atoms with Gasteiger partial charge < -0.3 is 42.0 Å². The van der Waals surface area contributed by atoms with E-state index in [0.29, 0.717) is 5.69 Å². The van der Waals surface area contributed by atoms with Gasteiger partial charge in [-0.2, -0.15) is 0 Å². The Balaban J connectivity index is 2.88. The van der Waals surface area contributed by atoms with E-state index in [1.807, 2.05) is 5.32 Å². The van der Waals surface area contributed by atoms with Gasteiger partial charge in [0, 0.05) is 24.7 Å². The molecule has 1 rings (SSSR count). The minimum Gasteiger partial charge on any atom is -0.481 e. The Hall–Kier alpha value is -4.01. The molecule has 0 bridgehead atoms. The Labute approximate surface area is 180 Å². The first kappa shape index (κ1) is 26.0. The summed E-state index contributed by atoms with van der Waals surface area (Å²) < 4.78 is 0. The molecule has 0 aliphatic heterocycles. The lowest BCUT2D eigenvalue weighted by molar-refractivity contribution is -0.141. The van der Waals surface area contributed by atoms with Crippen LogP contribution in [0.1, 0.15) is 25.0 Å². The summed E-state index contributed by atoms with van der Waals surface area (Å²) in [5.74, 6) is -7.03. The Kier molecular flexibility index (Phi) is 10.3. The fraction of sp³-hybridized carbons (Fsp3) is 0.471. The van der Waals surface area contributed by atoms with E-state index in [2.05, 4.69) is 20.6 Å². The number of amides is 3. The molecule has 1 aromatic rings. The van der Waals surface area contributed by atoms with Crippen molar-refractivity contribution in [2.24, 2.45) is 5.73 Å². The summed E-state index contributed by atoms with van der Waals surface area (Å²) in [4.78, 5) is 76.1. The van der Waals surface area contributed by atoms with Crippen LogP contribution in [0.15, 0.2) is 12.5 Å². The van der Waals surface area contributed by atoms with Crippen molar-refractivity contribution in [3.8, 4) is 0 Å². The second kappa shape index (κ2) is 12.6. The zero-order valence-corrected chi connectivity index (χ0v) is 16.7. The van der Waals surface area contributed by atoms with Crippen LogP contribution < -0.4 is 21.7 Å². The summed E-state index contributed by atoms with van der Waals surface area (Å²) in [7, 11) is 0. The number of carboxylic acid groups (broad SMARTS) is 3. The molecule has 15 nitrogen and oxygen atoms in total. The van der Waals surface area contributed by atoms with Crippen LogP contribution in [0.5, 0.6) is 0 Å².